The molecular formula is C15H35N3S2. The SMILES string of the molecule is CC(C)(S)CNCCCCCN(CCN)CC(C)(C)S. The summed E-state index contributed by atoms with van der Waals surface area (Å²) in [5, 5.41) is 3.45. The van der Waals surface area contributed by atoms with Gasteiger partial charge in [0.1, 0.15) is 0 Å². The molecular weight excluding hydrogens is 286 g/mol. The van der Waals surface area contributed by atoms with Crippen LogP contribution in [0.5, 0.6) is 0 Å². The first-order valence-corrected chi connectivity index (χ1v) is 8.61. The van der Waals surface area contributed by atoms with Crippen molar-refractivity contribution in [1.82, 2.24) is 10.2 Å². The van der Waals surface area contributed by atoms with E-state index in [1.165, 1.54) is 19.3 Å². The Kier molecular flexibility index (Phi) is 10.6. The lowest BCUT2D eigenvalue weighted by Crippen LogP contribution is -2.39. The van der Waals surface area contributed by atoms with Crippen molar-refractivity contribution in [2.75, 3.05) is 39.3 Å². The summed E-state index contributed by atoms with van der Waals surface area (Å²) < 4.78 is 0.130. The van der Waals surface area contributed by atoms with Gasteiger partial charge >= 0.3 is 0 Å². The molecule has 0 heterocycles. The third kappa shape index (κ3) is 15.0. The molecule has 0 saturated carbocycles. The lowest BCUT2D eigenvalue weighted by molar-refractivity contribution is 0.257. The van der Waals surface area contributed by atoms with Crippen LogP contribution < -0.4 is 11.1 Å². The Morgan fingerprint density at radius 3 is 2.10 bits per heavy atom. The number of nitrogens with one attached hydrogen (secondary N) is 1. The van der Waals surface area contributed by atoms with E-state index < -0.39 is 0 Å². The Hall–Kier alpha value is 0.580. The van der Waals surface area contributed by atoms with Crippen molar-refractivity contribution in [3.05, 3.63) is 0 Å². The summed E-state index contributed by atoms with van der Waals surface area (Å²) in [6.07, 6.45) is 3.72. The van der Waals surface area contributed by atoms with Gasteiger partial charge in [0.15, 0.2) is 0 Å². The molecule has 3 nitrogen and oxygen atoms in total. The van der Waals surface area contributed by atoms with Crippen molar-refractivity contribution in [3.63, 3.8) is 0 Å². The van der Waals surface area contributed by atoms with Crippen LogP contribution in [0.25, 0.3) is 0 Å². The van der Waals surface area contributed by atoms with Crippen molar-refractivity contribution in [2.24, 2.45) is 5.73 Å². The molecule has 122 valence electrons. The molecule has 0 aliphatic carbocycles. The summed E-state index contributed by atoms with van der Waals surface area (Å²) in [7, 11) is 0. The van der Waals surface area contributed by atoms with Gasteiger partial charge in [0.25, 0.3) is 0 Å². The maximum Gasteiger partial charge on any atom is 0.0200 e. The van der Waals surface area contributed by atoms with Crippen LogP contribution in [0.3, 0.4) is 0 Å². The van der Waals surface area contributed by atoms with E-state index in [-0.39, 0.29) is 9.49 Å². The van der Waals surface area contributed by atoms with E-state index in [1.807, 2.05) is 0 Å². The van der Waals surface area contributed by atoms with Gasteiger partial charge in [-0.15, -0.1) is 0 Å². The Bertz CT molecular complexity index is 234. The fraction of sp³-hybridized carbons (Fsp3) is 1.00. The van der Waals surface area contributed by atoms with Crippen molar-refractivity contribution in [1.29, 1.82) is 0 Å². The fourth-order valence-electron chi connectivity index (χ4n) is 2.16. The minimum absolute atomic E-state index is 0.0505. The van der Waals surface area contributed by atoms with Crippen LogP contribution in [0.1, 0.15) is 47.0 Å². The highest BCUT2D eigenvalue weighted by Crippen LogP contribution is 2.14. The van der Waals surface area contributed by atoms with Gasteiger partial charge in [0, 0.05) is 35.7 Å². The Balaban J connectivity index is 3.64. The molecule has 5 heteroatoms. The average molecular weight is 322 g/mol. The summed E-state index contributed by atoms with van der Waals surface area (Å²) in [5.74, 6) is 0. The van der Waals surface area contributed by atoms with Crippen LogP contribution in [0.15, 0.2) is 0 Å². The van der Waals surface area contributed by atoms with Gasteiger partial charge in [-0.2, -0.15) is 25.3 Å². The Labute approximate surface area is 137 Å². The molecule has 0 unspecified atom stereocenters. The van der Waals surface area contributed by atoms with Crippen molar-refractivity contribution < 1.29 is 0 Å². The van der Waals surface area contributed by atoms with Crippen LogP contribution in [-0.2, 0) is 0 Å². The van der Waals surface area contributed by atoms with Crippen LogP contribution in [-0.4, -0.2) is 53.7 Å². The Morgan fingerprint density at radius 1 is 0.950 bits per heavy atom. The lowest BCUT2D eigenvalue weighted by atomic mass is 10.1. The van der Waals surface area contributed by atoms with Crippen LogP contribution in [0, 0.1) is 0 Å². The molecule has 0 amide bonds. The second-order valence-electron chi connectivity index (χ2n) is 6.93. The van der Waals surface area contributed by atoms with Crippen molar-refractivity contribution in [2.45, 2.75) is 56.5 Å². The van der Waals surface area contributed by atoms with Gasteiger partial charge in [0.05, 0.1) is 0 Å². The summed E-state index contributed by atoms with van der Waals surface area (Å²) >= 11 is 9.10. The first kappa shape index (κ1) is 20.6. The smallest absolute Gasteiger partial charge is 0.0200 e. The molecule has 0 aromatic carbocycles. The van der Waals surface area contributed by atoms with Gasteiger partial charge in [-0.05, 0) is 53.6 Å². The first-order chi connectivity index (χ1) is 9.14. The summed E-state index contributed by atoms with van der Waals surface area (Å²) in [6.45, 7) is 14.4. The van der Waals surface area contributed by atoms with E-state index in [1.54, 1.807) is 0 Å². The molecule has 0 spiro atoms. The minimum Gasteiger partial charge on any atom is -0.329 e. The van der Waals surface area contributed by atoms with Gasteiger partial charge < -0.3 is 16.0 Å². The standard InChI is InChI=1S/C15H35N3S2/c1-14(2,19)12-17-9-6-5-7-10-18(11-8-16)13-15(3,4)20/h17,19-20H,5-13,16H2,1-4H3. The van der Waals surface area contributed by atoms with Crippen molar-refractivity contribution in [3.8, 4) is 0 Å². The number of hydrogen-bond acceptors (Lipinski definition) is 5. The third-order valence-corrected chi connectivity index (χ3v) is 3.24. The molecule has 0 saturated heterocycles. The number of hydrogen-bond donors (Lipinski definition) is 4. The molecule has 0 aromatic heterocycles. The van der Waals surface area contributed by atoms with E-state index in [0.717, 1.165) is 39.3 Å². The zero-order valence-electron chi connectivity index (χ0n) is 13.8. The lowest BCUT2D eigenvalue weighted by Gasteiger charge is -2.29. The Morgan fingerprint density at radius 2 is 1.60 bits per heavy atom. The summed E-state index contributed by atoms with van der Waals surface area (Å²) in [6, 6.07) is 0. The number of nitrogens with zero attached hydrogens (tertiary/aromatic N) is 1. The normalized spacial score (nSPS) is 13.2. The molecule has 0 bridgehead atoms. The molecule has 0 rings (SSSR count). The summed E-state index contributed by atoms with van der Waals surface area (Å²) in [4.78, 5) is 2.43. The predicted molar refractivity (Wildman–Crippen MR) is 98.3 cm³/mol. The van der Waals surface area contributed by atoms with Crippen LogP contribution in [0.2, 0.25) is 0 Å². The number of thiol groups is 2. The van der Waals surface area contributed by atoms with Gasteiger partial charge in [-0.1, -0.05) is 6.42 Å². The van der Waals surface area contributed by atoms with Gasteiger partial charge in [-0.3, -0.25) is 0 Å². The number of rotatable bonds is 12. The minimum atomic E-state index is 0.0505. The molecule has 0 radical (unpaired) electrons. The van der Waals surface area contributed by atoms with E-state index in [4.69, 9.17) is 5.73 Å². The molecule has 20 heavy (non-hydrogen) atoms. The average Bonchev–Trinajstić information content (AvgIpc) is 2.24. The van der Waals surface area contributed by atoms with Gasteiger partial charge in [-0.25, -0.2) is 0 Å². The third-order valence-electron chi connectivity index (χ3n) is 2.94. The number of nitrogens with two attached hydrogens (primary N) is 1. The zero-order valence-corrected chi connectivity index (χ0v) is 15.6. The molecule has 3 N–H and O–H groups in total. The fourth-order valence-corrected chi connectivity index (χ4v) is 2.47. The quantitative estimate of drug-likeness (QED) is 0.330. The van der Waals surface area contributed by atoms with Crippen LogP contribution >= 0.6 is 25.3 Å². The monoisotopic (exact) mass is 321 g/mol. The highest BCUT2D eigenvalue weighted by atomic mass is 32.1. The maximum atomic E-state index is 5.68. The van der Waals surface area contributed by atoms with E-state index in [0.29, 0.717) is 0 Å². The maximum absolute atomic E-state index is 5.68. The molecule has 0 atom stereocenters. The second kappa shape index (κ2) is 10.3. The van der Waals surface area contributed by atoms with E-state index in [2.05, 4.69) is 63.2 Å². The predicted octanol–water partition coefficient (Wildman–Crippen LogP) is 2.42. The molecule has 0 aromatic rings. The molecule has 0 fully saturated rings. The molecule has 0 aliphatic rings. The first-order valence-electron chi connectivity index (χ1n) is 7.72. The largest absolute Gasteiger partial charge is 0.329 e. The highest BCUT2D eigenvalue weighted by Gasteiger charge is 2.16. The second-order valence-corrected chi connectivity index (χ2v) is 9.35. The summed E-state index contributed by atoms with van der Waals surface area (Å²) in [5.41, 5.74) is 5.68. The highest BCUT2D eigenvalue weighted by molar-refractivity contribution is 7.82. The van der Waals surface area contributed by atoms with Crippen molar-refractivity contribution >= 4 is 25.3 Å². The van der Waals surface area contributed by atoms with Crippen LogP contribution in [0.4, 0.5) is 0 Å². The zero-order chi connectivity index (χ0) is 15.6. The topological polar surface area (TPSA) is 41.3 Å². The van der Waals surface area contributed by atoms with E-state index >= 15 is 0 Å². The van der Waals surface area contributed by atoms with E-state index in [9.17, 15) is 0 Å². The van der Waals surface area contributed by atoms with Gasteiger partial charge in [0.2, 0.25) is 0 Å². The number of unbranched alkanes of at least 4 members (excludes halogenated alkanes) is 2. The molecule has 0 aliphatic heterocycles.